The summed E-state index contributed by atoms with van der Waals surface area (Å²) in [7, 11) is -2.17. The van der Waals surface area contributed by atoms with Gasteiger partial charge in [-0.3, -0.25) is 0 Å². The number of rotatable bonds is 12. The summed E-state index contributed by atoms with van der Waals surface area (Å²) in [5, 5.41) is 11.7. The summed E-state index contributed by atoms with van der Waals surface area (Å²) < 4.78 is 12.8. The van der Waals surface area contributed by atoms with Crippen molar-refractivity contribution in [1.82, 2.24) is 0 Å². The van der Waals surface area contributed by atoms with Crippen LogP contribution in [0, 0.1) is 23.7 Å². The van der Waals surface area contributed by atoms with Gasteiger partial charge in [-0.2, -0.15) is 0 Å². The van der Waals surface area contributed by atoms with Crippen molar-refractivity contribution in [3.8, 4) is 0 Å². The van der Waals surface area contributed by atoms with Gasteiger partial charge < -0.3 is 14.3 Å². The SMILES string of the molecule is C=C[C@@H](CO[Si](C(C)C)(C(C)C)C(C)C)[C@](O)(C(=C)C)C(=O)O[C@@H]1C[C@H](C)CC[C@H]1C(C)C. The number of esters is 1. The second kappa shape index (κ2) is 12.2. The van der Waals surface area contributed by atoms with Crippen LogP contribution in [0.1, 0.15) is 88.5 Å². The molecule has 5 atom stereocenters. The van der Waals surface area contributed by atoms with Crippen molar-refractivity contribution in [3.05, 3.63) is 24.8 Å². The lowest BCUT2D eigenvalue weighted by Crippen LogP contribution is -2.54. The van der Waals surface area contributed by atoms with Crippen LogP contribution in [0.2, 0.25) is 16.6 Å². The summed E-state index contributed by atoms with van der Waals surface area (Å²) >= 11 is 0. The first kappa shape index (κ1) is 30.1. The Kier molecular flexibility index (Phi) is 11.1. The lowest BCUT2D eigenvalue weighted by atomic mass is 9.75. The molecule has 0 spiro atoms. The van der Waals surface area contributed by atoms with Crippen molar-refractivity contribution in [3.63, 3.8) is 0 Å². The van der Waals surface area contributed by atoms with E-state index in [1.54, 1.807) is 13.0 Å². The summed E-state index contributed by atoms with van der Waals surface area (Å²) in [6, 6.07) is 0. The van der Waals surface area contributed by atoms with Crippen molar-refractivity contribution in [2.75, 3.05) is 6.61 Å². The molecular weight excluding hydrogens is 428 g/mol. The molecule has 1 aliphatic rings. The standard InChI is InChI=1S/C28H52O4Si/c1-13-24(17-31-33(20(6)7,21(8)9)22(10)11)28(30,19(4)5)27(29)32-26-16-23(12)14-15-25(26)18(2)3/h13,18,20-26,30H,1,4,14-17H2,2-3,5-12H3/t23-,24+,25+,26-,28-/m1/s1. The van der Waals surface area contributed by atoms with Gasteiger partial charge in [0.2, 0.25) is 0 Å². The molecule has 0 radical (unpaired) electrons. The molecule has 0 saturated heterocycles. The fourth-order valence-corrected chi connectivity index (χ4v) is 11.7. The lowest BCUT2D eigenvalue weighted by molar-refractivity contribution is -0.178. The molecule has 0 aromatic carbocycles. The maximum atomic E-state index is 13.6. The molecule has 1 saturated carbocycles. The summed E-state index contributed by atoms with van der Waals surface area (Å²) in [5.74, 6) is -0.00498. The average Bonchev–Trinajstić information content (AvgIpc) is 2.69. The highest BCUT2D eigenvalue weighted by Gasteiger charge is 2.50. The van der Waals surface area contributed by atoms with Crippen LogP contribution in [0.4, 0.5) is 0 Å². The molecule has 0 bridgehead atoms. The van der Waals surface area contributed by atoms with Crippen LogP contribution in [0.15, 0.2) is 24.8 Å². The van der Waals surface area contributed by atoms with Crippen molar-refractivity contribution in [2.24, 2.45) is 23.7 Å². The number of hydrogen-bond donors (Lipinski definition) is 1. The Balaban J connectivity index is 3.21. The minimum absolute atomic E-state index is 0.186. The number of hydrogen-bond acceptors (Lipinski definition) is 4. The topological polar surface area (TPSA) is 55.8 Å². The van der Waals surface area contributed by atoms with Gasteiger partial charge in [-0.25, -0.2) is 4.79 Å². The summed E-state index contributed by atoms with van der Waals surface area (Å²) in [6.07, 6.45) is 4.48. The third-order valence-electron chi connectivity index (χ3n) is 8.22. The van der Waals surface area contributed by atoms with Crippen LogP contribution in [0.25, 0.3) is 0 Å². The Morgan fingerprint density at radius 3 is 2.00 bits per heavy atom. The first-order chi connectivity index (χ1) is 15.2. The van der Waals surface area contributed by atoms with E-state index in [9.17, 15) is 9.90 Å². The molecule has 0 heterocycles. The van der Waals surface area contributed by atoms with Crippen molar-refractivity contribution < 1.29 is 19.1 Å². The highest BCUT2D eigenvalue weighted by Crippen LogP contribution is 2.43. The number of carbonyl (C=O) groups excluding carboxylic acids is 1. The largest absolute Gasteiger partial charge is 0.460 e. The van der Waals surface area contributed by atoms with Crippen LogP contribution in [0.3, 0.4) is 0 Å². The number of carbonyl (C=O) groups is 1. The van der Waals surface area contributed by atoms with E-state index in [4.69, 9.17) is 9.16 Å². The second-order valence-corrected chi connectivity index (χ2v) is 17.2. The predicted octanol–water partition coefficient (Wildman–Crippen LogP) is 7.29. The molecule has 4 nitrogen and oxygen atoms in total. The molecule has 0 aliphatic heterocycles. The van der Waals surface area contributed by atoms with Gasteiger partial charge in [0.1, 0.15) is 6.10 Å². The van der Waals surface area contributed by atoms with E-state index in [1.807, 2.05) is 0 Å². The van der Waals surface area contributed by atoms with Crippen LogP contribution in [-0.2, 0) is 14.0 Å². The molecule has 33 heavy (non-hydrogen) atoms. The van der Waals surface area contributed by atoms with Gasteiger partial charge in [-0.05, 0) is 59.7 Å². The monoisotopic (exact) mass is 480 g/mol. The fraction of sp³-hybridized carbons (Fsp3) is 0.821. The Hall–Kier alpha value is -0.913. The first-order valence-electron chi connectivity index (χ1n) is 13.0. The zero-order valence-electron chi connectivity index (χ0n) is 23.1. The van der Waals surface area contributed by atoms with E-state index >= 15 is 0 Å². The molecule has 1 fully saturated rings. The molecule has 0 aromatic rings. The molecule has 192 valence electrons. The minimum Gasteiger partial charge on any atom is -0.460 e. The highest BCUT2D eigenvalue weighted by atomic mass is 28.4. The average molecular weight is 481 g/mol. The molecule has 0 amide bonds. The van der Waals surface area contributed by atoms with E-state index in [0.717, 1.165) is 19.3 Å². The van der Waals surface area contributed by atoms with Gasteiger partial charge in [0.25, 0.3) is 0 Å². The maximum Gasteiger partial charge on any atom is 0.343 e. The van der Waals surface area contributed by atoms with Gasteiger partial charge in [-0.15, -0.1) is 6.58 Å². The molecule has 0 unspecified atom stereocenters. The molecule has 5 heteroatoms. The quantitative estimate of drug-likeness (QED) is 0.181. The van der Waals surface area contributed by atoms with E-state index in [0.29, 0.717) is 40.0 Å². The first-order valence-corrected chi connectivity index (χ1v) is 15.2. The van der Waals surface area contributed by atoms with Crippen LogP contribution in [-0.4, -0.2) is 37.7 Å². The summed E-state index contributed by atoms with van der Waals surface area (Å²) in [4.78, 5) is 13.6. The van der Waals surface area contributed by atoms with Gasteiger partial charge >= 0.3 is 5.97 Å². The van der Waals surface area contributed by atoms with E-state index in [-0.39, 0.29) is 12.7 Å². The van der Waals surface area contributed by atoms with E-state index in [2.05, 4.69) is 75.5 Å². The zero-order valence-corrected chi connectivity index (χ0v) is 24.1. The number of ether oxygens (including phenoxy) is 1. The van der Waals surface area contributed by atoms with Crippen LogP contribution < -0.4 is 0 Å². The normalized spacial score (nSPS) is 24.8. The summed E-state index contributed by atoms with van der Waals surface area (Å²) in [5.41, 5.74) is -0.262. The van der Waals surface area contributed by atoms with Gasteiger partial charge in [-0.1, -0.05) is 81.4 Å². The van der Waals surface area contributed by atoms with E-state index < -0.39 is 25.8 Å². The molecule has 1 aliphatic carbocycles. The van der Waals surface area contributed by atoms with Crippen LogP contribution in [0.5, 0.6) is 0 Å². The second-order valence-electron chi connectivity index (χ2n) is 11.8. The Bertz CT molecular complexity index is 647. The van der Waals surface area contributed by atoms with Gasteiger partial charge in [0.15, 0.2) is 13.9 Å². The van der Waals surface area contributed by atoms with Crippen molar-refractivity contribution >= 4 is 14.3 Å². The Labute approximate surface area is 205 Å². The molecular formula is C28H52O4Si. The fourth-order valence-electron chi connectivity index (χ4n) is 6.21. The lowest BCUT2D eigenvalue weighted by Gasteiger charge is -2.44. The van der Waals surface area contributed by atoms with Crippen molar-refractivity contribution in [2.45, 2.75) is 117 Å². The van der Waals surface area contributed by atoms with Crippen LogP contribution >= 0.6 is 0 Å². The maximum absolute atomic E-state index is 13.6. The minimum atomic E-state index is -2.17. The van der Waals surface area contributed by atoms with Gasteiger partial charge in [0.05, 0.1) is 0 Å². The zero-order chi connectivity index (χ0) is 25.7. The van der Waals surface area contributed by atoms with Crippen molar-refractivity contribution in [1.29, 1.82) is 0 Å². The molecule has 1 N–H and O–H groups in total. The Morgan fingerprint density at radius 2 is 1.61 bits per heavy atom. The van der Waals surface area contributed by atoms with E-state index in [1.165, 1.54) is 0 Å². The molecule has 0 aromatic heterocycles. The third-order valence-corrected chi connectivity index (χ3v) is 14.3. The number of aliphatic hydroxyl groups is 1. The third kappa shape index (κ3) is 6.40. The smallest absolute Gasteiger partial charge is 0.343 e. The van der Waals surface area contributed by atoms with Gasteiger partial charge in [0, 0.05) is 12.5 Å². The predicted molar refractivity (Wildman–Crippen MR) is 142 cm³/mol. The molecule has 1 rings (SSSR count). The summed E-state index contributed by atoms with van der Waals surface area (Å²) in [6.45, 7) is 29.8. The highest BCUT2D eigenvalue weighted by molar-refractivity contribution is 6.77. The Morgan fingerprint density at radius 1 is 1.09 bits per heavy atom.